The third kappa shape index (κ3) is 1.39. The van der Waals surface area contributed by atoms with Gasteiger partial charge in [-0.15, -0.1) is 0 Å². The molecule has 0 aromatic carbocycles. The van der Waals surface area contributed by atoms with E-state index < -0.39 is 0 Å². The third-order valence-electron chi connectivity index (χ3n) is 3.67. The van der Waals surface area contributed by atoms with Crippen LogP contribution in [-0.4, -0.2) is 0 Å². The Bertz CT molecular complexity index is 307. The molecule has 2 aliphatic carbocycles. The van der Waals surface area contributed by atoms with Gasteiger partial charge in [-0.1, -0.05) is 61.4 Å². The minimum Gasteiger partial charge on any atom is -0.0804 e. The molecule has 0 heteroatoms. The number of rotatable bonds is 3. The van der Waals surface area contributed by atoms with Crippen LogP contribution in [0.15, 0.2) is 47.6 Å². The van der Waals surface area contributed by atoms with Gasteiger partial charge in [0.05, 0.1) is 0 Å². The van der Waals surface area contributed by atoms with E-state index in [9.17, 15) is 0 Å². The van der Waals surface area contributed by atoms with E-state index in [1.807, 2.05) is 0 Å². The molecular formula is C14H18. The molecule has 0 N–H and O–H groups in total. The summed E-state index contributed by atoms with van der Waals surface area (Å²) in [7, 11) is 0. The lowest BCUT2D eigenvalue weighted by Gasteiger charge is -2.32. The van der Waals surface area contributed by atoms with Crippen molar-refractivity contribution in [3.05, 3.63) is 47.6 Å². The van der Waals surface area contributed by atoms with Crippen LogP contribution in [0.3, 0.4) is 0 Å². The molecule has 0 fully saturated rings. The van der Waals surface area contributed by atoms with Gasteiger partial charge in [0.1, 0.15) is 0 Å². The highest BCUT2D eigenvalue weighted by molar-refractivity contribution is 5.40. The fourth-order valence-electron chi connectivity index (χ4n) is 2.37. The topological polar surface area (TPSA) is 0 Å². The van der Waals surface area contributed by atoms with Crippen molar-refractivity contribution in [1.82, 2.24) is 0 Å². The first kappa shape index (κ1) is 9.51. The lowest BCUT2D eigenvalue weighted by atomic mass is 9.72. The molecule has 0 nitrogen and oxygen atoms in total. The SMILES string of the molecule is CCC(C)(C1=CC=CC1)C1=CC=CC1. The summed E-state index contributed by atoms with van der Waals surface area (Å²) in [5.74, 6) is 0. The van der Waals surface area contributed by atoms with E-state index in [-0.39, 0.29) is 0 Å². The van der Waals surface area contributed by atoms with E-state index in [4.69, 9.17) is 0 Å². The van der Waals surface area contributed by atoms with Crippen LogP contribution in [0.25, 0.3) is 0 Å². The Kier molecular flexibility index (Phi) is 2.45. The molecule has 14 heavy (non-hydrogen) atoms. The molecule has 0 radical (unpaired) electrons. The van der Waals surface area contributed by atoms with E-state index in [2.05, 4.69) is 50.3 Å². The van der Waals surface area contributed by atoms with Crippen molar-refractivity contribution in [1.29, 1.82) is 0 Å². The molecule has 0 heterocycles. The van der Waals surface area contributed by atoms with Gasteiger partial charge in [-0.25, -0.2) is 0 Å². The highest BCUT2D eigenvalue weighted by atomic mass is 14.3. The highest BCUT2D eigenvalue weighted by Gasteiger charge is 2.31. The lowest BCUT2D eigenvalue weighted by molar-refractivity contribution is 0.449. The van der Waals surface area contributed by atoms with Crippen molar-refractivity contribution < 1.29 is 0 Å². The van der Waals surface area contributed by atoms with E-state index in [1.54, 1.807) is 11.1 Å². The summed E-state index contributed by atoms with van der Waals surface area (Å²) in [6, 6.07) is 0. The minimum absolute atomic E-state index is 0.299. The standard InChI is InChI=1S/C14H18/c1-3-14(2,12-8-4-5-9-12)13-10-6-7-11-13/h4-8,10H,3,9,11H2,1-2H3. The number of allylic oxidation sites excluding steroid dienone is 8. The van der Waals surface area contributed by atoms with Crippen molar-refractivity contribution in [2.45, 2.75) is 33.1 Å². The second-order valence-electron chi connectivity index (χ2n) is 4.33. The predicted octanol–water partition coefficient (Wildman–Crippen LogP) is 4.18. The summed E-state index contributed by atoms with van der Waals surface area (Å²) in [6.45, 7) is 4.67. The first-order valence-corrected chi connectivity index (χ1v) is 5.49. The molecular weight excluding hydrogens is 168 g/mol. The summed E-state index contributed by atoms with van der Waals surface area (Å²) in [4.78, 5) is 0. The highest BCUT2D eigenvalue weighted by Crippen LogP contribution is 2.44. The molecule has 74 valence electrons. The average molecular weight is 186 g/mol. The lowest BCUT2D eigenvalue weighted by Crippen LogP contribution is -2.20. The largest absolute Gasteiger partial charge is 0.0804 e. The van der Waals surface area contributed by atoms with Gasteiger partial charge in [0, 0.05) is 5.41 Å². The maximum Gasteiger partial charge on any atom is 0.0102 e. The van der Waals surface area contributed by atoms with Crippen molar-refractivity contribution in [2.24, 2.45) is 5.41 Å². The Hall–Kier alpha value is -1.04. The summed E-state index contributed by atoms with van der Waals surface area (Å²) in [5, 5.41) is 0. The van der Waals surface area contributed by atoms with Gasteiger partial charge in [-0.05, 0) is 19.3 Å². The average Bonchev–Trinajstić information content (AvgIpc) is 2.88. The van der Waals surface area contributed by atoms with Crippen molar-refractivity contribution in [3.8, 4) is 0 Å². The molecule has 0 saturated heterocycles. The molecule has 0 aliphatic heterocycles. The molecule has 0 atom stereocenters. The smallest absolute Gasteiger partial charge is 0.0102 e. The molecule has 0 aromatic heterocycles. The van der Waals surface area contributed by atoms with Gasteiger partial charge < -0.3 is 0 Å². The summed E-state index contributed by atoms with van der Waals surface area (Å²) in [5.41, 5.74) is 3.46. The minimum atomic E-state index is 0.299. The maximum atomic E-state index is 2.38. The third-order valence-corrected chi connectivity index (χ3v) is 3.67. The predicted molar refractivity (Wildman–Crippen MR) is 62.1 cm³/mol. The van der Waals surface area contributed by atoms with Crippen molar-refractivity contribution >= 4 is 0 Å². The molecule has 0 aromatic rings. The normalized spacial score (nSPS) is 20.1. The first-order valence-electron chi connectivity index (χ1n) is 5.49. The van der Waals surface area contributed by atoms with E-state index >= 15 is 0 Å². The zero-order chi connectivity index (χ0) is 10.0. The Morgan fingerprint density at radius 3 is 1.86 bits per heavy atom. The molecule has 0 bridgehead atoms. The second-order valence-corrected chi connectivity index (χ2v) is 4.33. The molecule has 2 aliphatic rings. The summed E-state index contributed by atoms with van der Waals surface area (Å²) in [6.07, 6.45) is 17.0. The Balaban J connectivity index is 2.25. The summed E-state index contributed by atoms with van der Waals surface area (Å²) >= 11 is 0. The Morgan fingerprint density at radius 2 is 1.57 bits per heavy atom. The van der Waals surface area contributed by atoms with Gasteiger partial charge in [0.25, 0.3) is 0 Å². The first-order chi connectivity index (χ1) is 6.77. The maximum absolute atomic E-state index is 2.38. The van der Waals surface area contributed by atoms with Gasteiger partial charge in [-0.2, -0.15) is 0 Å². The Labute approximate surface area is 86.7 Å². The van der Waals surface area contributed by atoms with Gasteiger partial charge >= 0.3 is 0 Å². The molecule has 0 unspecified atom stereocenters. The van der Waals surface area contributed by atoms with Gasteiger partial charge in [-0.3, -0.25) is 0 Å². The van der Waals surface area contributed by atoms with Gasteiger partial charge in [0.15, 0.2) is 0 Å². The monoisotopic (exact) mass is 186 g/mol. The van der Waals surface area contributed by atoms with E-state index in [1.165, 1.54) is 6.42 Å². The van der Waals surface area contributed by atoms with Crippen LogP contribution in [-0.2, 0) is 0 Å². The molecule has 0 amide bonds. The number of hydrogen-bond acceptors (Lipinski definition) is 0. The van der Waals surface area contributed by atoms with Gasteiger partial charge in [0.2, 0.25) is 0 Å². The van der Waals surface area contributed by atoms with Crippen LogP contribution in [0.5, 0.6) is 0 Å². The number of hydrogen-bond donors (Lipinski definition) is 0. The van der Waals surface area contributed by atoms with Crippen LogP contribution < -0.4 is 0 Å². The zero-order valence-electron chi connectivity index (χ0n) is 9.09. The van der Waals surface area contributed by atoms with Crippen LogP contribution in [0.1, 0.15) is 33.1 Å². The van der Waals surface area contributed by atoms with Crippen molar-refractivity contribution in [2.75, 3.05) is 0 Å². The molecule has 0 spiro atoms. The van der Waals surface area contributed by atoms with E-state index in [0.717, 1.165) is 12.8 Å². The quantitative estimate of drug-likeness (QED) is 0.620. The second kappa shape index (κ2) is 3.61. The summed E-state index contributed by atoms with van der Waals surface area (Å²) < 4.78 is 0. The van der Waals surface area contributed by atoms with Crippen LogP contribution in [0.2, 0.25) is 0 Å². The molecule has 2 rings (SSSR count). The molecule has 0 saturated carbocycles. The Morgan fingerprint density at radius 1 is 1.07 bits per heavy atom. The fourth-order valence-corrected chi connectivity index (χ4v) is 2.37. The van der Waals surface area contributed by atoms with Crippen LogP contribution >= 0.6 is 0 Å². The fraction of sp³-hybridized carbons (Fsp3) is 0.429. The zero-order valence-corrected chi connectivity index (χ0v) is 9.09. The van der Waals surface area contributed by atoms with Crippen LogP contribution in [0.4, 0.5) is 0 Å². The van der Waals surface area contributed by atoms with E-state index in [0.29, 0.717) is 5.41 Å². The van der Waals surface area contributed by atoms with Crippen molar-refractivity contribution in [3.63, 3.8) is 0 Å². The van der Waals surface area contributed by atoms with Crippen LogP contribution in [0, 0.1) is 5.41 Å².